The molecule has 0 aliphatic carbocycles. The highest BCUT2D eigenvalue weighted by Crippen LogP contribution is 2.23. The van der Waals surface area contributed by atoms with Crippen molar-refractivity contribution in [3.8, 4) is 0 Å². The monoisotopic (exact) mass is 383 g/mol. The van der Waals surface area contributed by atoms with E-state index in [0.29, 0.717) is 31.9 Å². The highest BCUT2D eigenvalue weighted by Gasteiger charge is 2.31. The van der Waals surface area contributed by atoms with Crippen molar-refractivity contribution in [2.24, 2.45) is 0 Å². The first-order valence-corrected chi connectivity index (χ1v) is 10.8. The third kappa shape index (κ3) is 5.69. The number of rotatable bonds is 8. The molecule has 146 valence electrons. The fourth-order valence-corrected chi connectivity index (χ4v) is 4.31. The number of amides is 1. The first kappa shape index (κ1) is 20.7. The van der Waals surface area contributed by atoms with Crippen molar-refractivity contribution >= 4 is 21.6 Å². The third-order valence-electron chi connectivity index (χ3n) is 4.42. The standard InChI is InChI=1S/C18H29N3O4S/c1-4-17(18(22)19-8-9-20-10-12-25-13-11-20)21(26(3,23)24)16-7-5-6-15(2)14-16/h5-7,14,17H,4,8-13H2,1-3H3,(H,19,22)/t17-/m1/s1. The lowest BCUT2D eigenvalue weighted by atomic mass is 10.1. The van der Waals surface area contributed by atoms with Gasteiger partial charge in [-0.05, 0) is 31.0 Å². The quantitative estimate of drug-likeness (QED) is 0.724. The second-order valence-corrected chi connectivity index (χ2v) is 8.43. The number of nitrogens with zero attached hydrogens (tertiary/aromatic N) is 2. The molecule has 0 bridgehead atoms. The van der Waals surface area contributed by atoms with Gasteiger partial charge in [-0.1, -0.05) is 19.1 Å². The molecule has 1 aliphatic rings. The summed E-state index contributed by atoms with van der Waals surface area (Å²) in [6.45, 7) is 8.06. The number of carbonyl (C=O) groups excluding carboxylic acids is 1. The van der Waals surface area contributed by atoms with Gasteiger partial charge in [0.2, 0.25) is 15.9 Å². The maximum atomic E-state index is 12.7. The van der Waals surface area contributed by atoms with Gasteiger partial charge < -0.3 is 10.1 Å². The van der Waals surface area contributed by atoms with Gasteiger partial charge in [0.1, 0.15) is 6.04 Å². The number of carbonyl (C=O) groups is 1. The van der Waals surface area contributed by atoms with Gasteiger partial charge in [0.15, 0.2) is 0 Å². The lowest BCUT2D eigenvalue weighted by Crippen LogP contribution is -2.50. The number of sulfonamides is 1. The predicted molar refractivity (Wildman–Crippen MR) is 103 cm³/mol. The van der Waals surface area contributed by atoms with Crippen LogP contribution < -0.4 is 9.62 Å². The Kier molecular flexibility index (Phi) is 7.43. The van der Waals surface area contributed by atoms with Gasteiger partial charge in [0, 0.05) is 26.2 Å². The van der Waals surface area contributed by atoms with Crippen molar-refractivity contribution in [2.45, 2.75) is 26.3 Å². The van der Waals surface area contributed by atoms with Crippen LogP contribution in [0.5, 0.6) is 0 Å². The van der Waals surface area contributed by atoms with Crippen LogP contribution in [0.4, 0.5) is 5.69 Å². The molecule has 0 unspecified atom stereocenters. The Morgan fingerprint density at radius 1 is 1.35 bits per heavy atom. The molecule has 8 heteroatoms. The third-order valence-corrected chi connectivity index (χ3v) is 5.60. The summed E-state index contributed by atoms with van der Waals surface area (Å²) < 4.78 is 31.3. The zero-order valence-electron chi connectivity index (χ0n) is 15.8. The number of aryl methyl sites for hydroxylation is 1. The van der Waals surface area contributed by atoms with E-state index in [0.717, 1.165) is 31.5 Å². The zero-order valence-corrected chi connectivity index (χ0v) is 16.6. The highest BCUT2D eigenvalue weighted by atomic mass is 32.2. The van der Waals surface area contributed by atoms with Crippen molar-refractivity contribution in [3.05, 3.63) is 29.8 Å². The highest BCUT2D eigenvalue weighted by molar-refractivity contribution is 7.92. The summed E-state index contributed by atoms with van der Waals surface area (Å²) in [5, 5.41) is 2.89. The summed E-state index contributed by atoms with van der Waals surface area (Å²) in [6, 6.07) is 6.43. The predicted octanol–water partition coefficient (Wildman–Crippen LogP) is 0.988. The van der Waals surface area contributed by atoms with Crippen LogP contribution in [0.2, 0.25) is 0 Å². The molecule has 0 radical (unpaired) electrons. The first-order valence-electron chi connectivity index (χ1n) is 8.97. The lowest BCUT2D eigenvalue weighted by Gasteiger charge is -2.31. The SMILES string of the molecule is CC[C@H](C(=O)NCCN1CCOCC1)N(c1cccc(C)c1)S(C)(=O)=O. The van der Waals surface area contributed by atoms with E-state index in [2.05, 4.69) is 10.2 Å². The molecule has 1 atom stereocenters. The number of ether oxygens (including phenoxy) is 1. The average molecular weight is 384 g/mol. The van der Waals surface area contributed by atoms with Gasteiger partial charge in [-0.25, -0.2) is 8.42 Å². The van der Waals surface area contributed by atoms with Crippen molar-refractivity contribution in [2.75, 3.05) is 50.0 Å². The van der Waals surface area contributed by atoms with Crippen LogP contribution in [-0.2, 0) is 19.6 Å². The second kappa shape index (κ2) is 9.34. The number of hydrogen-bond donors (Lipinski definition) is 1. The van der Waals surface area contributed by atoms with E-state index in [1.54, 1.807) is 18.2 Å². The fraction of sp³-hybridized carbons (Fsp3) is 0.611. The molecule has 0 aromatic heterocycles. The summed E-state index contributed by atoms with van der Waals surface area (Å²) in [5.41, 5.74) is 1.46. The molecule has 7 nitrogen and oxygen atoms in total. The van der Waals surface area contributed by atoms with Crippen LogP contribution in [0.1, 0.15) is 18.9 Å². The van der Waals surface area contributed by atoms with E-state index in [4.69, 9.17) is 4.74 Å². The van der Waals surface area contributed by atoms with Gasteiger partial charge in [0.25, 0.3) is 0 Å². The molecule has 2 rings (SSSR count). The summed E-state index contributed by atoms with van der Waals surface area (Å²) in [7, 11) is -3.59. The Bertz CT molecular complexity index is 702. The molecule has 1 heterocycles. The normalized spacial score (nSPS) is 16.9. The molecular weight excluding hydrogens is 354 g/mol. The van der Waals surface area contributed by atoms with Crippen LogP contribution in [0.3, 0.4) is 0 Å². The van der Waals surface area contributed by atoms with Crippen LogP contribution in [-0.4, -0.2) is 70.9 Å². The maximum absolute atomic E-state index is 12.7. The number of hydrogen-bond acceptors (Lipinski definition) is 5. The molecular formula is C18H29N3O4S. The molecule has 1 amide bonds. The molecule has 1 N–H and O–H groups in total. The number of nitrogens with one attached hydrogen (secondary N) is 1. The smallest absolute Gasteiger partial charge is 0.243 e. The van der Waals surface area contributed by atoms with Crippen molar-refractivity contribution < 1.29 is 17.9 Å². The van der Waals surface area contributed by atoms with Crippen LogP contribution >= 0.6 is 0 Å². The van der Waals surface area contributed by atoms with Crippen LogP contribution in [0, 0.1) is 6.92 Å². The lowest BCUT2D eigenvalue weighted by molar-refractivity contribution is -0.122. The Morgan fingerprint density at radius 2 is 2.04 bits per heavy atom. The zero-order chi connectivity index (χ0) is 19.2. The topological polar surface area (TPSA) is 79.0 Å². The summed E-state index contributed by atoms with van der Waals surface area (Å²) in [6.07, 6.45) is 1.53. The number of benzene rings is 1. The van der Waals surface area contributed by atoms with E-state index in [1.165, 1.54) is 4.31 Å². The van der Waals surface area contributed by atoms with Gasteiger partial charge in [-0.3, -0.25) is 14.0 Å². The molecule has 1 fully saturated rings. The van der Waals surface area contributed by atoms with E-state index < -0.39 is 16.1 Å². The molecule has 26 heavy (non-hydrogen) atoms. The van der Waals surface area contributed by atoms with Crippen LogP contribution in [0.15, 0.2) is 24.3 Å². The number of anilines is 1. The van der Waals surface area contributed by atoms with E-state index in [9.17, 15) is 13.2 Å². The average Bonchev–Trinajstić information content (AvgIpc) is 2.59. The minimum Gasteiger partial charge on any atom is -0.379 e. The van der Waals surface area contributed by atoms with Crippen molar-refractivity contribution in [3.63, 3.8) is 0 Å². The van der Waals surface area contributed by atoms with Crippen LogP contribution in [0.25, 0.3) is 0 Å². The molecule has 1 saturated heterocycles. The first-order chi connectivity index (χ1) is 12.3. The summed E-state index contributed by atoms with van der Waals surface area (Å²) >= 11 is 0. The Morgan fingerprint density at radius 3 is 2.62 bits per heavy atom. The van der Waals surface area contributed by atoms with E-state index >= 15 is 0 Å². The Hall–Kier alpha value is -1.64. The fourth-order valence-electron chi connectivity index (χ4n) is 3.11. The number of morpholine rings is 1. The molecule has 1 aliphatic heterocycles. The largest absolute Gasteiger partial charge is 0.379 e. The van der Waals surface area contributed by atoms with E-state index in [-0.39, 0.29) is 5.91 Å². The summed E-state index contributed by atoms with van der Waals surface area (Å²) in [4.78, 5) is 14.9. The van der Waals surface area contributed by atoms with Crippen molar-refractivity contribution in [1.29, 1.82) is 0 Å². The van der Waals surface area contributed by atoms with E-state index in [1.807, 2.05) is 19.9 Å². The van der Waals surface area contributed by atoms with Gasteiger partial charge in [-0.2, -0.15) is 0 Å². The maximum Gasteiger partial charge on any atom is 0.243 e. The minimum absolute atomic E-state index is 0.271. The van der Waals surface area contributed by atoms with Gasteiger partial charge >= 0.3 is 0 Å². The summed E-state index contributed by atoms with van der Waals surface area (Å²) in [5.74, 6) is -0.271. The van der Waals surface area contributed by atoms with Gasteiger partial charge in [0.05, 0.1) is 25.2 Å². The van der Waals surface area contributed by atoms with Crippen molar-refractivity contribution in [1.82, 2.24) is 10.2 Å². The molecule has 1 aromatic carbocycles. The van der Waals surface area contributed by atoms with Gasteiger partial charge in [-0.15, -0.1) is 0 Å². The molecule has 1 aromatic rings. The Labute approximate surface area is 156 Å². The minimum atomic E-state index is -3.59. The Balaban J connectivity index is 2.07. The second-order valence-electron chi connectivity index (χ2n) is 6.57. The molecule has 0 spiro atoms. The molecule has 0 saturated carbocycles.